The van der Waals surface area contributed by atoms with Crippen molar-refractivity contribution in [3.63, 3.8) is 0 Å². The molecule has 1 N–H and O–H groups in total. The maximum absolute atomic E-state index is 13.0. The number of nitrogens with one attached hydrogen (secondary N) is 1. The van der Waals surface area contributed by atoms with E-state index in [4.69, 9.17) is 32.7 Å². The summed E-state index contributed by atoms with van der Waals surface area (Å²) in [6.07, 6.45) is -4.46. The van der Waals surface area contributed by atoms with Crippen molar-refractivity contribution in [2.75, 3.05) is 25.1 Å². The zero-order chi connectivity index (χ0) is 27.3. The molecule has 1 heterocycles. The van der Waals surface area contributed by atoms with Crippen LogP contribution in [0, 0.1) is 0 Å². The minimum Gasteiger partial charge on any atom is -0.460 e. The number of hydrogen-bond donors (Lipinski definition) is 1. The molecule has 12 heteroatoms. The highest BCUT2D eigenvalue weighted by Crippen LogP contribution is 2.32. The van der Waals surface area contributed by atoms with Crippen molar-refractivity contribution in [1.29, 1.82) is 0 Å². The van der Waals surface area contributed by atoms with Gasteiger partial charge in [-0.25, -0.2) is 4.68 Å². The van der Waals surface area contributed by atoms with E-state index in [1.807, 2.05) is 6.92 Å². The number of alkyl halides is 3. The zero-order valence-corrected chi connectivity index (χ0v) is 21.4. The van der Waals surface area contributed by atoms with Crippen LogP contribution in [0.4, 0.5) is 18.9 Å². The highest BCUT2D eigenvalue weighted by Gasteiger charge is 2.30. The average molecular weight is 565 g/mol. The monoisotopic (exact) mass is 564 g/mol. The van der Waals surface area contributed by atoms with Gasteiger partial charge in [-0.3, -0.25) is 4.79 Å². The van der Waals surface area contributed by atoms with Crippen molar-refractivity contribution in [3.8, 4) is 23.1 Å². The van der Waals surface area contributed by atoms with Gasteiger partial charge in [-0.1, -0.05) is 35.3 Å². The number of anilines is 1. The summed E-state index contributed by atoms with van der Waals surface area (Å²) < 4.78 is 51.4. The molecule has 0 aliphatic heterocycles. The molecule has 0 saturated heterocycles. The lowest BCUT2D eigenvalue weighted by Crippen LogP contribution is -2.12. The molecule has 0 atom stereocenters. The fourth-order valence-electron chi connectivity index (χ4n) is 3.42. The van der Waals surface area contributed by atoms with Crippen LogP contribution < -0.4 is 10.1 Å². The van der Waals surface area contributed by atoms with E-state index in [-0.39, 0.29) is 29.0 Å². The number of carbonyl (C=O) groups excluding carboxylic acids is 1. The van der Waals surface area contributed by atoms with Crippen LogP contribution in [0.25, 0.3) is 17.1 Å². The number of halogens is 5. The first-order valence-electron chi connectivity index (χ1n) is 11.4. The maximum Gasteiger partial charge on any atom is 0.416 e. The number of hydrogen-bond acceptors (Lipinski definition) is 5. The van der Waals surface area contributed by atoms with Crippen molar-refractivity contribution < 1.29 is 27.4 Å². The highest BCUT2D eigenvalue weighted by atomic mass is 35.5. The minimum absolute atomic E-state index is 0.0364. The standard InChI is InChI=1S/C26H21Cl2F3N4O3/c1-2-37-13-14-38-25-33-23(16-3-5-17(6-4-16)26(29,30)31)35(34-25)20-10-8-19(9-11-20)32-24(36)21-12-7-18(27)15-22(21)28/h3-12,15H,2,13-14H2,1H3,(H,32,36). The Bertz CT molecular complexity index is 1410. The number of rotatable bonds is 9. The van der Waals surface area contributed by atoms with Crippen molar-refractivity contribution in [1.82, 2.24) is 14.8 Å². The average Bonchev–Trinajstić information content (AvgIpc) is 3.31. The number of nitrogens with zero attached hydrogens (tertiary/aromatic N) is 3. The first-order valence-corrected chi connectivity index (χ1v) is 12.1. The fourth-order valence-corrected chi connectivity index (χ4v) is 3.92. The molecule has 1 aromatic heterocycles. The Hall–Kier alpha value is -3.60. The quantitative estimate of drug-likeness (QED) is 0.223. The van der Waals surface area contributed by atoms with Crippen LogP contribution in [0.5, 0.6) is 6.01 Å². The van der Waals surface area contributed by atoms with Gasteiger partial charge in [0.15, 0.2) is 5.82 Å². The lowest BCUT2D eigenvalue weighted by atomic mass is 10.1. The normalized spacial score (nSPS) is 11.4. The summed E-state index contributed by atoms with van der Waals surface area (Å²) in [5.74, 6) is -0.148. The number of ether oxygens (including phenoxy) is 2. The van der Waals surface area contributed by atoms with Gasteiger partial charge < -0.3 is 14.8 Å². The van der Waals surface area contributed by atoms with Gasteiger partial charge in [-0.15, -0.1) is 5.10 Å². The summed E-state index contributed by atoms with van der Waals surface area (Å²) >= 11 is 12.0. The van der Waals surface area contributed by atoms with Crippen LogP contribution in [-0.4, -0.2) is 40.5 Å². The molecule has 3 aromatic carbocycles. The first kappa shape index (κ1) is 27.4. The third-order valence-electron chi connectivity index (χ3n) is 5.27. The molecule has 0 aliphatic rings. The van der Waals surface area contributed by atoms with E-state index in [0.29, 0.717) is 35.2 Å². The van der Waals surface area contributed by atoms with Crippen molar-refractivity contribution >= 4 is 34.8 Å². The first-order chi connectivity index (χ1) is 18.2. The van der Waals surface area contributed by atoms with E-state index in [1.54, 1.807) is 30.3 Å². The van der Waals surface area contributed by atoms with Crippen molar-refractivity contribution in [2.24, 2.45) is 0 Å². The summed E-state index contributed by atoms with van der Waals surface area (Å²) in [4.78, 5) is 17.0. The molecule has 0 radical (unpaired) electrons. The second kappa shape index (κ2) is 11.8. The van der Waals surface area contributed by atoms with Gasteiger partial charge in [0.25, 0.3) is 5.91 Å². The predicted octanol–water partition coefficient (Wildman–Crippen LogP) is 6.93. The summed E-state index contributed by atoms with van der Waals surface area (Å²) in [6.45, 7) is 2.90. The van der Waals surface area contributed by atoms with E-state index in [9.17, 15) is 18.0 Å². The number of benzene rings is 3. The molecule has 0 spiro atoms. The molecule has 0 fully saturated rings. The predicted molar refractivity (Wildman–Crippen MR) is 138 cm³/mol. The topological polar surface area (TPSA) is 78.3 Å². The lowest BCUT2D eigenvalue weighted by Gasteiger charge is -2.10. The van der Waals surface area contributed by atoms with Gasteiger partial charge in [0, 0.05) is 22.9 Å². The van der Waals surface area contributed by atoms with Crippen LogP contribution >= 0.6 is 23.2 Å². The molecular formula is C26H21Cl2F3N4O3. The Morgan fingerprint density at radius 2 is 1.71 bits per heavy atom. The van der Waals surface area contributed by atoms with Crippen LogP contribution in [0.3, 0.4) is 0 Å². The molecule has 1 amide bonds. The molecule has 38 heavy (non-hydrogen) atoms. The Kier molecular flexibility index (Phi) is 8.55. The van der Waals surface area contributed by atoms with Crippen molar-refractivity contribution in [2.45, 2.75) is 13.1 Å². The molecule has 7 nitrogen and oxygen atoms in total. The SMILES string of the molecule is CCOCCOc1nc(-c2ccc(C(F)(F)F)cc2)n(-c2ccc(NC(=O)c3ccc(Cl)cc3Cl)cc2)n1. The van der Waals surface area contributed by atoms with Crippen LogP contribution in [0.15, 0.2) is 66.7 Å². The van der Waals surface area contributed by atoms with Crippen molar-refractivity contribution in [3.05, 3.63) is 87.9 Å². The van der Waals surface area contributed by atoms with Crippen LogP contribution in [0.1, 0.15) is 22.8 Å². The van der Waals surface area contributed by atoms with E-state index in [0.717, 1.165) is 12.1 Å². The minimum atomic E-state index is -4.46. The number of amides is 1. The fraction of sp³-hybridized carbons (Fsp3) is 0.192. The molecule has 0 aliphatic carbocycles. The Morgan fingerprint density at radius 1 is 1.00 bits per heavy atom. The largest absolute Gasteiger partial charge is 0.460 e. The second-order valence-corrected chi connectivity index (χ2v) is 8.72. The highest BCUT2D eigenvalue weighted by molar-refractivity contribution is 6.37. The third-order valence-corrected chi connectivity index (χ3v) is 5.81. The molecule has 198 valence electrons. The Morgan fingerprint density at radius 3 is 2.34 bits per heavy atom. The Balaban J connectivity index is 1.60. The van der Waals surface area contributed by atoms with Gasteiger partial charge in [-0.05, 0) is 61.5 Å². The molecule has 4 rings (SSSR count). The van der Waals surface area contributed by atoms with Gasteiger partial charge in [0.05, 0.1) is 28.4 Å². The van der Waals surface area contributed by atoms with E-state index in [2.05, 4.69) is 15.4 Å². The summed E-state index contributed by atoms with van der Waals surface area (Å²) in [5, 5.41) is 7.75. The number of aromatic nitrogens is 3. The van der Waals surface area contributed by atoms with E-state index < -0.39 is 17.6 Å². The smallest absolute Gasteiger partial charge is 0.416 e. The molecule has 0 bridgehead atoms. The Labute approximate surface area is 226 Å². The van der Waals surface area contributed by atoms with Gasteiger partial charge in [0.2, 0.25) is 0 Å². The zero-order valence-electron chi connectivity index (χ0n) is 19.9. The van der Waals surface area contributed by atoms with Gasteiger partial charge >= 0.3 is 12.2 Å². The summed E-state index contributed by atoms with van der Waals surface area (Å²) in [7, 11) is 0. The summed E-state index contributed by atoms with van der Waals surface area (Å²) in [6, 6.07) is 15.8. The van der Waals surface area contributed by atoms with Gasteiger partial charge in [0.1, 0.15) is 6.61 Å². The summed E-state index contributed by atoms with van der Waals surface area (Å²) in [5.41, 5.74) is 0.903. The van der Waals surface area contributed by atoms with E-state index in [1.165, 1.54) is 28.9 Å². The van der Waals surface area contributed by atoms with E-state index >= 15 is 0 Å². The third kappa shape index (κ3) is 6.63. The maximum atomic E-state index is 13.0. The number of carbonyl (C=O) groups is 1. The molecule has 4 aromatic rings. The van der Waals surface area contributed by atoms with Crippen LogP contribution in [0.2, 0.25) is 10.0 Å². The lowest BCUT2D eigenvalue weighted by molar-refractivity contribution is -0.137. The van der Waals surface area contributed by atoms with Crippen LogP contribution in [-0.2, 0) is 10.9 Å². The van der Waals surface area contributed by atoms with Gasteiger partial charge in [-0.2, -0.15) is 18.2 Å². The molecule has 0 unspecified atom stereocenters. The second-order valence-electron chi connectivity index (χ2n) is 7.88. The molecule has 0 saturated carbocycles. The molecular weight excluding hydrogens is 544 g/mol.